The van der Waals surface area contributed by atoms with Gasteiger partial charge in [-0.05, 0) is 30.7 Å². The van der Waals surface area contributed by atoms with E-state index in [9.17, 15) is 0 Å². The van der Waals surface area contributed by atoms with Crippen LogP contribution in [0.1, 0.15) is 11.3 Å². The summed E-state index contributed by atoms with van der Waals surface area (Å²) >= 11 is 5.00. The van der Waals surface area contributed by atoms with Crippen molar-refractivity contribution in [3.05, 3.63) is 44.8 Å². The number of thiazole rings is 1. The second-order valence-electron chi connectivity index (χ2n) is 3.18. The molecule has 0 amide bonds. The first kappa shape index (κ1) is 10.6. The second kappa shape index (κ2) is 4.77. The Bertz CT molecular complexity index is 442. The number of benzene rings is 1. The lowest BCUT2D eigenvalue weighted by Crippen LogP contribution is -1.96. The highest BCUT2D eigenvalue weighted by atomic mass is 79.9. The van der Waals surface area contributed by atoms with Gasteiger partial charge in [0.25, 0.3) is 0 Å². The van der Waals surface area contributed by atoms with Gasteiger partial charge in [-0.1, -0.05) is 15.9 Å². The molecule has 1 heterocycles. The average molecular weight is 284 g/mol. The summed E-state index contributed by atoms with van der Waals surface area (Å²) in [5.41, 5.74) is 3.91. The molecule has 0 saturated carbocycles. The number of nitrogens with zero attached hydrogens (tertiary/aromatic N) is 1. The third-order valence-corrected chi connectivity index (χ3v) is 3.12. The van der Waals surface area contributed by atoms with E-state index in [1.54, 1.807) is 11.3 Å². The van der Waals surface area contributed by atoms with E-state index >= 15 is 0 Å². The van der Waals surface area contributed by atoms with E-state index in [1.807, 2.05) is 36.0 Å². The van der Waals surface area contributed by atoms with E-state index in [-0.39, 0.29) is 0 Å². The molecule has 0 spiro atoms. The Morgan fingerprint density at radius 3 is 3.00 bits per heavy atom. The van der Waals surface area contributed by atoms with E-state index < -0.39 is 0 Å². The maximum atomic E-state index is 5.66. The minimum absolute atomic E-state index is 0.534. The van der Waals surface area contributed by atoms with Gasteiger partial charge in [0.2, 0.25) is 0 Å². The first-order valence-corrected chi connectivity index (χ1v) is 6.25. The van der Waals surface area contributed by atoms with Gasteiger partial charge in [-0.15, -0.1) is 11.3 Å². The normalized spacial score (nSPS) is 10.3. The van der Waals surface area contributed by atoms with Crippen molar-refractivity contribution in [3.63, 3.8) is 0 Å². The van der Waals surface area contributed by atoms with Crippen LogP contribution in [0.4, 0.5) is 0 Å². The highest BCUT2D eigenvalue weighted by Gasteiger charge is 2.01. The summed E-state index contributed by atoms with van der Waals surface area (Å²) in [6.07, 6.45) is 0. The maximum Gasteiger partial charge on any atom is 0.131 e. The summed E-state index contributed by atoms with van der Waals surface area (Å²) in [5, 5.41) is 1.99. The molecule has 0 unspecified atom stereocenters. The van der Waals surface area contributed by atoms with Crippen LogP contribution in [0, 0.1) is 6.92 Å². The fraction of sp³-hybridized carbons (Fsp3) is 0.182. The van der Waals surface area contributed by atoms with E-state index in [0.717, 1.165) is 21.5 Å². The molecule has 2 nitrogen and oxygen atoms in total. The Kier molecular flexibility index (Phi) is 3.38. The van der Waals surface area contributed by atoms with Crippen molar-refractivity contribution in [1.82, 2.24) is 4.98 Å². The lowest BCUT2D eigenvalue weighted by molar-refractivity contribution is 0.300. The highest BCUT2D eigenvalue weighted by molar-refractivity contribution is 9.10. The van der Waals surface area contributed by atoms with Crippen molar-refractivity contribution in [1.29, 1.82) is 0 Å². The summed E-state index contributed by atoms with van der Waals surface area (Å²) in [4.78, 5) is 4.16. The van der Waals surface area contributed by atoms with Crippen molar-refractivity contribution in [2.24, 2.45) is 0 Å². The standard InChI is InChI=1S/C11H10BrNOS/c1-8-4-9(12)2-3-11(8)14-5-10-6-15-7-13-10/h2-4,6-7H,5H2,1H3. The van der Waals surface area contributed by atoms with Gasteiger partial charge in [0.15, 0.2) is 0 Å². The molecule has 0 bridgehead atoms. The molecular formula is C11H10BrNOS. The first-order chi connectivity index (χ1) is 7.25. The third-order valence-electron chi connectivity index (χ3n) is 2.00. The predicted octanol–water partition coefficient (Wildman–Crippen LogP) is 3.79. The Morgan fingerprint density at radius 1 is 1.47 bits per heavy atom. The summed E-state index contributed by atoms with van der Waals surface area (Å²) < 4.78 is 6.73. The van der Waals surface area contributed by atoms with Gasteiger partial charge >= 0.3 is 0 Å². The maximum absolute atomic E-state index is 5.66. The molecule has 0 atom stereocenters. The van der Waals surface area contributed by atoms with Gasteiger partial charge in [0.05, 0.1) is 11.2 Å². The first-order valence-electron chi connectivity index (χ1n) is 4.52. The molecule has 4 heteroatoms. The highest BCUT2D eigenvalue weighted by Crippen LogP contribution is 2.22. The van der Waals surface area contributed by atoms with Gasteiger partial charge in [-0.3, -0.25) is 0 Å². The van der Waals surface area contributed by atoms with Crippen molar-refractivity contribution >= 4 is 27.3 Å². The van der Waals surface area contributed by atoms with Crippen molar-refractivity contribution < 1.29 is 4.74 Å². The fourth-order valence-corrected chi connectivity index (χ4v) is 2.25. The molecule has 0 aliphatic rings. The predicted molar refractivity (Wildman–Crippen MR) is 65.3 cm³/mol. The Morgan fingerprint density at radius 2 is 2.33 bits per heavy atom. The molecule has 0 radical (unpaired) electrons. The van der Waals surface area contributed by atoms with Crippen LogP contribution in [0.25, 0.3) is 0 Å². The SMILES string of the molecule is Cc1cc(Br)ccc1OCc1cscn1. The number of halogens is 1. The Balaban J connectivity index is 2.05. The molecule has 0 saturated heterocycles. The molecule has 0 aliphatic heterocycles. The van der Waals surface area contributed by atoms with Crippen LogP contribution in [-0.2, 0) is 6.61 Å². The van der Waals surface area contributed by atoms with Crippen LogP contribution in [0.3, 0.4) is 0 Å². The van der Waals surface area contributed by atoms with Gasteiger partial charge < -0.3 is 4.74 Å². The molecule has 1 aromatic heterocycles. The molecular weight excluding hydrogens is 274 g/mol. The third kappa shape index (κ3) is 2.79. The molecule has 15 heavy (non-hydrogen) atoms. The van der Waals surface area contributed by atoms with Crippen molar-refractivity contribution in [2.75, 3.05) is 0 Å². The lowest BCUT2D eigenvalue weighted by atomic mass is 10.2. The van der Waals surface area contributed by atoms with E-state index in [2.05, 4.69) is 20.9 Å². The number of rotatable bonds is 3. The zero-order chi connectivity index (χ0) is 10.7. The number of hydrogen-bond donors (Lipinski definition) is 0. The average Bonchev–Trinajstić information content (AvgIpc) is 2.69. The molecule has 1 aromatic carbocycles. The lowest BCUT2D eigenvalue weighted by Gasteiger charge is -2.07. The van der Waals surface area contributed by atoms with Crippen LogP contribution in [0.2, 0.25) is 0 Å². The molecule has 2 aromatic rings. The van der Waals surface area contributed by atoms with Crippen LogP contribution in [-0.4, -0.2) is 4.98 Å². The number of ether oxygens (including phenoxy) is 1. The van der Waals surface area contributed by atoms with Crippen LogP contribution >= 0.6 is 27.3 Å². The topological polar surface area (TPSA) is 22.1 Å². The monoisotopic (exact) mass is 283 g/mol. The minimum atomic E-state index is 0.534. The van der Waals surface area contributed by atoms with E-state index in [4.69, 9.17) is 4.74 Å². The second-order valence-corrected chi connectivity index (χ2v) is 4.81. The molecule has 0 N–H and O–H groups in total. The zero-order valence-corrected chi connectivity index (χ0v) is 10.6. The fourth-order valence-electron chi connectivity index (χ4n) is 1.24. The largest absolute Gasteiger partial charge is 0.487 e. The van der Waals surface area contributed by atoms with Crippen molar-refractivity contribution in [3.8, 4) is 5.75 Å². The molecule has 78 valence electrons. The smallest absolute Gasteiger partial charge is 0.131 e. The summed E-state index contributed by atoms with van der Waals surface area (Å²) in [5.74, 6) is 0.909. The van der Waals surface area contributed by atoms with Crippen LogP contribution in [0.15, 0.2) is 33.6 Å². The van der Waals surface area contributed by atoms with Crippen molar-refractivity contribution in [2.45, 2.75) is 13.5 Å². The van der Waals surface area contributed by atoms with Gasteiger partial charge in [-0.25, -0.2) is 4.98 Å². The zero-order valence-electron chi connectivity index (χ0n) is 8.24. The van der Waals surface area contributed by atoms with Gasteiger partial charge in [0, 0.05) is 9.85 Å². The van der Waals surface area contributed by atoms with Gasteiger partial charge in [0.1, 0.15) is 12.4 Å². The van der Waals surface area contributed by atoms with E-state index in [0.29, 0.717) is 6.61 Å². The number of hydrogen-bond acceptors (Lipinski definition) is 3. The summed E-state index contributed by atoms with van der Waals surface area (Å²) in [6.45, 7) is 2.56. The van der Waals surface area contributed by atoms with Crippen LogP contribution in [0.5, 0.6) is 5.75 Å². The Labute approximate surface area is 101 Å². The summed E-state index contributed by atoms with van der Waals surface area (Å²) in [7, 11) is 0. The van der Waals surface area contributed by atoms with Gasteiger partial charge in [-0.2, -0.15) is 0 Å². The molecule has 0 aliphatic carbocycles. The quantitative estimate of drug-likeness (QED) is 0.855. The summed E-state index contributed by atoms with van der Waals surface area (Å²) in [6, 6.07) is 5.98. The number of aromatic nitrogens is 1. The minimum Gasteiger partial charge on any atom is -0.487 e. The number of aryl methyl sites for hydroxylation is 1. The van der Waals surface area contributed by atoms with Crippen LogP contribution < -0.4 is 4.74 Å². The molecule has 0 fully saturated rings. The molecule has 2 rings (SSSR count). The Hall–Kier alpha value is -0.870. The van der Waals surface area contributed by atoms with E-state index in [1.165, 1.54) is 0 Å².